The molecule has 4 rings (SSSR count). The second-order valence-corrected chi connectivity index (χ2v) is 9.58. The van der Waals surface area contributed by atoms with Crippen molar-refractivity contribution in [2.75, 3.05) is 57.0 Å². The van der Waals surface area contributed by atoms with Gasteiger partial charge in [0.1, 0.15) is 23.2 Å². The maximum atomic E-state index is 12.4. The highest BCUT2D eigenvalue weighted by Gasteiger charge is 2.29. The third-order valence-electron chi connectivity index (χ3n) is 6.79. The number of benzene rings is 2. The molecular weight excluding hydrogens is 488 g/mol. The van der Waals surface area contributed by atoms with Gasteiger partial charge in [-0.1, -0.05) is 42.5 Å². The Bertz CT molecular complexity index is 1330. The number of hydrogen-bond donors (Lipinski definition) is 2. The number of aliphatic carboxylic acids is 1. The van der Waals surface area contributed by atoms with Crippen LogP contribution in [0.4, 0.5) is 16.2 Å². The summed E-state index contributed by atoms with van der Waals surface area (Å²) in [6, 6.07) is 15.2. The Labute approximate surface area is 220 Å². The van der Waals surface area contributed by atoms with Crippen LogP contribution in [0.25, 0.3) is 0 Å². The lowest BCUT2D eigenvalue weighted by atomic mass is 10.0. The monoisotopic (exact) mass is 520 g/mol. The zero-order valence-electron chi connectivity index (χ0n) is 21.6. The van der Waals surface area contributed by atoms with E-state index in [4.69, 9.17) is 4.74 Å². The summed E-state index contributed by atoms with van der Waals surface area (Å²) in [4.78, 5) is 54.5. The van der Waals surface area contributed by atoms with Gasteiger partial charge < -0.3 is 29.9 Å². The molecule has 1 aliphatic heterocycles. The summed E-state index contributed by atoms with van der Waals surface area (Å²) in [6.45, 7) is 3.26. The van der Waals surface area contributed by atoms with E-state index in [0.717, 1.165) is 18.7 Å². The average molecular weight is 521 g/mol. The van der Waals surface area contributed by atoms with Crippen molar-refractivity contribution < 1.29 is 19.4 Å². The smallest absolute Gasteiger partial charge is 0.415 e. The number of ether oxygens (including phenoxy) is 1. The minimum atomic E-state index is -1.15. The molecule has 1 unspecified atom stereocenters. The number of carboxylic acids is 1. The number of amides is 1. The lowest BCUT2D eigenvalue weighted by Crippen LogP contribution is -2.48. The van der Waals surface area contributed by atoms with Gasteiger partial charge in [-0.25, -0.2) is 9.59 Å². The standard InChI is InChI=1S/C28H32N4O6/c1-30-14-16-32(17-15-30)28(37)38-21-10-8-20(9-11-21)18-22(27(35)36)29-23-24(26(34)25(23)33)31(2)13-12-19-6-4-3-5-7-19/h3-11,22,29H,12-18H2,1-2H3,(H,35,36). The van der Waals surface area contributed by atoms with Gasteiger partial charge in [0, 0.05) is 46.2 Å². The van der Waals surface area contributed by atoms with Crippen molar-refractivity contribution in [1.82, 2.24) is 9.80 Å². The second-order valence-electron chi connectivity index (χ2n) is 9.58. The Morgan fingerprint density at radius 2 is 1.63 bits per heavy atom. The lowest BCUT2D eigenvalue weighted by Gasteiger charge is -2.31. The lowest BCUT2D eigenvalue weighted by molar-refractivity contribution is -0.137. The molecule has 1 heterocycles. The molecule has 0 radical (unpaired) electrons. The quantitative estimate of drug-likeness (QED) is 0.386. The summed E-state index contributed by atoms with van der Waals surface area (Å²) < 4.78 is 5.45. The van der Waals surface area contributed by atoms with Crippen LogP contribution in [-0.2, 0) is 17.6 Å². The number of hydrogen-bond acceptors (Lipinski definition) is 8. The first kappa shape index (κ1) is 26.9. The molecular formula is C28H32N4O6. The fraction of sp³-hybridized carbons (Fsp3) is 0.357. The van der Waals surface area contributed by atoms with Crippen molar-refractivity contribution in [3.63, 3.8) is 0 Å². The number of nitrogens with one attached hydrogen (secondary N) is 1. The van der Waals surface area contributed by atoms with Gasteiger partial charge >= 0.3 is 12.1 Å². The summed E-state index contributed by atoms with van der Waals surface area (Å²) in [5.74, 6) is -0.788. The molecule has 10 heteroatoms. The SMILES string of the molecule is CN1CCN(C(=O)Oc2ccc(CC(Nc3c(N(C)CCc4ccccc4)c(=O)c3=O)C(=O)O)cc2)CC1. The van der Waals surface area contributed by atoms with Crippen LogP contribution in [-0.4, -0.2) is 79.8 Å². The van der Waals surface area contributed by atoms with E-state index >= 15 is 0 Å². The van der Waals surface area contributed by atoms with E-state index in [0.29, 0.717) is 37.4 Å². The van der Waals surface area contributed by atoms with Crippen molar-refractivity contribution in [2.24, 2.45) is 0 Å². The molecule has 1 atom stereocenters. The van der Waals surface area contributed by atoms with E-state index in [1.165, 1.54) is 0 Å². The predicted octanol–water partition coefficient (Wildman–Crippen LogP) is 1.82. The number of carbonyl (C=O) groups is 2. The van der Waals surface area contributed by atoms with Crippen LogP contribution in [0, 0.1) is 0 Å². The molecule has 1 amide bonds. The van der Waals surface area contributed by atoms with E-state index in [2.05, 4.69) is 10.2 Å². The van der Waals surface area contributed by atoms with Gasteiger partial charge in [-0.05, 0) is 36.7 Å². The minimum Gasteiger partial charge on any atom is -0.480 e. The van der Waals surface area contributed by atoms with Crippen molar-refractivity contribution >= 4 is 23.4 Å². The van der Waals surface area contributed by atoms with Gasteiger partial charge in [-0.15, -0.1) is 0 Å². The third kappa shape index (κ3) is 6.38. The molecule has 3 aromatic carbocycles. The van der Waals surface area contributed by atoms with Crippen molar-refractivity contribution in [2.45, 2.75) is 18.9 Å². The number of carbonyl (C=O) groups excluding carboxylic acids is 1. The number of piperazine rings is 1. The molecule has 0 aromatic heterocycles. The number of carboxylic acid groups (broad SMARTS) is 1. The van der Waals surface area contributed by atoms with Crippen LogP contribution >= 0.6 is 0 Å². The first-order valence-electron chi connectivity index (χ1n) is 12.5. The van der Waals surface area contributed by atoms with Gasteiger partial charge in [-0.2, -0.15) is 0 Å². The molecule has 1 saturated heterocycles. The Morgan fingerprint density at radius 1 is 0.974 bits per heavy atom. The third-order valence-corrected chi connectivity index (χ3v) is 6.79. The molecule has 3 aromatic rings. The topological polar surface area (TPSA) is 119 Å². The number of likely N-dealkylation sites (N-methyl/N-ethyl adjacent to an activating group) is 2. The number of nitrogens with zero attached hydrogens (tertiary/aromatic N) is 3. The molecule has 2 N–H and O–H groups in total. The largest absolute Gasteiger partial charge is 0.480 e. The van der Waals surface area contributed by atoms with Crippen LogP contribution in [0.5, 0.6) is 5.75 Å². The molecule has 0 aliphatic carbocycles. The van der Waals surface area contributed by atoms with Crippen LogP contribution in [0.1, 0.15) is 11.1 Å². The maximum Gasteiger partial charge on any atom is 0.415 e. The molecule has 0 saturated carbocycles. The first-order valence-corrected chi connectivity index (χ1v) is 12.5. The van der Waals surface area contributed by atoms with Gasteiger partial charge in [0.2, 0.25) is 0 Å². The Kier molecular flexibility index (Phi) is 8.42. The van der Waals surface area contributed by atoms with Crippen LogP contribution in [0.15, 0.2) is 64.2 Å². The normalized spacial score (nSPS) is 14.7. The predicted molar refractivity (Wildman–Crippen MR) is 145 cm³/mol. The highest BCUT2D eigenvalue weighted by molar-refractivity contribution is 5.83. The van der Waals surface area contributed by atoms with Crippen molar-refractivity contribution in [3.8, 4) is 5.75 Å². The summed E-state index contributed by atoms with van der Waals surface area (Å²) in [5, 5.41) is 12.6. The second kappa shape index (κ2) is 11.9. The van der Waals surface area contributed by atoms with E-state index < -0.39 is 29.0 Å². The zero-order valence-corrected chi connectivity index (χ0v) is 21.6. The average Bonchev–Trinajstić information content (AvgIpc) is 2.92. The van der Waals surface area contributed by atoms with Crippen LogP contribution in [0.2, 0.25) is 0 Å². The van der Waals surface area contributed by atoms with Gasteiger partial charge in [0.25, 0.3) is 10.9 Å². The van der Waals surface area contributed by atoms with Gasteiger partial charge in [-0.3, -0.25) is 9.59 Å². The van der Waals surface area contributed by atoms with Crippen LogP contribution < -0.4 is 25.8 Å². The highest BCUT2D eigenvalue weighted by atomic mass is 16.6. The Morgan fingerprint density at radius 3 is 2.26 bits per heavy atom. The van der Waals surface area contributed by atoms with E-state index in [9.17, 15) is 24.3 Å². The van der Waals surface area contributed by atoms with Crippen LogP contribution in [0.3, 0.4) is 0 Å². The Hall–Kier alpha value is -4.18. The summed E-state index contributed by atoms with van der Waals surface area (Å²) >= 11 is 0. The van der Waals surface area contributed by atoms with E-state index in [1.807, 2.05) is 37.4 Å². The summed E-state index contributed by atoms with van der Waals surface area (Å²) in [5.41, 5.74) is 0.636. The molecule has 10 nitrogen and oxygen atoms in total. The molecule has 200 valence electrons. The fourth-order valence-electron chi connectivity index (χ4n) is 4.39. The number of anilines is 2. The van der Waals surface area contributed by atoms with E-state index in [-0.39, 0.29) is 17.8 Å². The zero-order chi connectivity index (χ0) is 27.2. The minimum absolute atomic E-state index is 0.0238. The van der Waals surface area contributed by atoms with E-state index in [1.54, 1.807) is 41.1 Å². The molecule has 0 spiro atoms. The van der Waals surface area contributed by atoms with Crippen molar-refractivity contribution in [1.29, 1.82) is 0 Å². The first-order chi connectivity index (χ1) is 18.2. The van der Waals surface area contributed by atoms with Gasteiger partial charge in [0.05, 0.1) is 0 Å². The van der Waals surface area contributed by atoms with Crippen molar-refractivity contribution in [3.05, 3.63) is 86.2 Å². The number of rotatable bonds is 10. The summed E-state index contributed by atoms with van der Waals surface area (Å²) in [7, 11) is 3.71. The molecule has 1 fully saturated rings. The molecule has 0 bridgehead atoms. The molecule has 38 heavy (non-hydrogen) atoms. The van der Waals surface area contributed by atoms with Gasteiger partial charge in [0.15, 0.2) is 0 Å². The Balaban J connectivity index is 1.37. The highest BCUT2D eigenvalue weighted by Crippen LogP contribution is 2.22. The molecule has 1 aliphatic rings. The fourth-order valence-corrected chi connectivity index (χ4v) is 4.39. The summed E-state index contributed by atoms with van der Waals surface area (Å²) in [6.07, 6.45) is 0.317. The maximum absolute atomic E-state index is 12.4.